The van der Waals surface area contributed by atoms with E-state index < -0.39 is 18.6 Å². The Morgan fingerprint density at radius 2 is 1.94 bits per heavy atom. The van der Waals surface area contributed by atoms with Gasteiger partial charge in [-0.3, -0.25) is 0 Å². The molecule has 1 aromatic carbocycles. The largest absolute Gasteiger partial charge is 0.389 e. The van der Waals surface area contributed by atoms with Gasteiger partial charge < -0.3 is 5.73 Å². The zero-order chi connectivity index (χ0) is 12.3. The lowest BCUT2D eigenvalue weighted by Crippen LogP contribution is -2.15. The van der Waals surface area contributed by atoms with Crippen LogP contribution in [-0.2, 0) is 0 Å². The molecular weight excluding hydrogens is 274 g/mol. The van der Waals surface area contributed by atoms with Crippen molar-refractivity contribution in [1.29, 1.82) is 0 Å². The molecule has 2 N–H and O–H groups in total. The molecule has 0 unspecified atom stereocenters. The predicted octanol–water partition coefficient (Wildman–Crippen LogP) is 4.41. The van der Waals surface area contributed by atoms with E-state index in [1.54, 1.807) is 25.1 Å². The topological polar surface area (TPSA) is 26.0 Å². The van der Waals surface area contributed by atoms with Gasteiger partial charge >= 0.3 is 6.18 Å². The maximum Gasteiger partial charge on any atom is 0.389 e. The Hall–Kier alpha value is -0.450. The second kappa shape index (κ2) is 6.47. The summed E-state index contributed by atoms with van der Waals surface area (Å²) in [6.45, 7) is 1.79. The summed E-state index contributed by atoms with van der Waals surface area (Å²) in [5.41, 5.74) is 7.19. The van der Waals surface area contributed by atoms with Crippen molar-refractivity contribution in [3.8, 4) is 0 Å². The van der Waals surface area contributed by atoms with Gasteiger partial charge in [0.15, 0.2) is 0 Å². The summed E-state index contributed by atoms with van der Waals surface area (Å²) in [4.78, 5) is 0. The molecule has 0 aliphatic rings. The van der Waals surface area contributed by atoms with Crippen LogP contribution < -0.4 is 5.73 Å². The third-order valence-electron chi connectivity index (χ3n) is 2.35. The van der Waals surface area contributed by atoms with Gasteiger partial charge in [0.05, 0.1) is 0 Å². The number of hydrogen-bond donors (Lipinski definition) is 1. The summed E-state index contributed by atoms with van der Waals surface area (Å²) < 4.78 is 36.0. The highest BCUT2D eigenvalue weighted by atomic mass is 35.5. The minimum atomic E-state index is -4.15. The lowest BCUT2D eigenvalue weighted by atomic mass is 10.0. The van der Waals surface area contributed by atoms with Crippen molar-refractivity contribution in [3.63, 3.8) is 0 Å². The van der Waals surface area contributed by atoms with Crippen molar-refractivity contribution in [1.82, 2.24) is 0 Å². The summed E-state index contributed by atoms with van der Waals surface area (Å²) >= 11 is 5.81. The molecular formula is C11H14Cl2F3N. The Balaban J connectivity index is 0.00000256. The zero-order valence-electron chi connectivity index (χ0n) is 9.22. The van der Waals surface area contributed by atoms with Crippen molar-refractivity contribution < 1.29 is 13.2 Å². The monoisotopic (exact) mass is 287 g/mol. The highest BCUT2D eigenvalue weighted by molar-refractivity contribution is 6.31. The predicted molar refractivity (Wildman–Crippen MR) is 65.7 cm³/mol. The molecule has 0 aliphatic heterocycles. The van der Waals surface area contributed by atoms with Crippen LogP contribution in [0.25, 0.3) is 0 Å². The third kappa shape index (κ3) is 5.61. The molecule has 0 aromatic heterocycles. The second-order valence-corrected chi connectivity index (χ2v) is 4.18. The average molecular weight is 288 g/mol. The van der Waals surface area contributed by atoms with Crippen LogP contribution in [0, 0.1) is 6.92 Å². The molecule has 6 heteroatoms. The van der Waals surface area contributed by atoms with Gasteiger partial charge in [-0.15, -0.1) is 12.4 Å². The van der Waals surface area contributed by atoms with Crippen molar-refractivity contribution in [2.24, 2.45) is 5.73 Å². The number of alkyl halides is 3. The van der Waals surface area contributed by atoms with Crippen LogP contribution in [0.5, 0.6) is 0 Å². The van der Waals surface area contributed by atoms with Gasteiger partial charge in [0.1, 0.15) is 0 Å². The van der Waals surface area contributed by atoms with Crippen LogP contribution >= 0.6 is 24.0 Å². The number of benzene rings is 1. The Labute approximate surface area is 110 Å². The number of rotatable bonds is 3. The minimum absolute atomic E-state index is 0. The average Bonchev–Trinajstić information content (AvgIpc) is 2.17. The molecule has 17 heavy (non-hydrogen) atoms. The molecule has 0 radical (unpaired) electrons. The molecule has 1 atom stereocenters. The van der Waals surface area contributed by atoms with E-state index in [2.05, 4.69) is 0 Å². The molecule has 0 bridgehead atoms. The lowest BCUT2D eigenvalue weighted by molar-refractivity contribution is -0.136. The van der Waals surface area contributed by atoms with Crippen LogP contribution in [0.15, 0.2) is 18.2 Å². The van der Waals surface area contributed by atoms with Gasteiger partial charge in [0.2, 0.25) is 0 Å². The minimum Gasteiger partial charge on any atom is -0.324 e. The molecule has 0 amide bonds. The normalized spacial score (nSPS) is 13.1. The highest BCUT2D eigenvalue weighted by Crippen LogP contribution is 2.27. The summed E-state index contributed by atoms with van der Waals surface area (Å²) in [5.74, 6) is 0. The van der Waals surface area contributed by atoms with Crippen molar-refractivity contribution in [2.45, 2.75) is 32.0 Å². The van der Waals surface area contributed by atoms with E-state index in [9.17, 15) is 13.2 Å². The molecule has 0 saturated heterocycles. The molecule has 0 aliphatic carbocycles. The molecule has 0 spiro atoms. The van der Waals surface area contributed by atoms with Gasteiger partial charge in [0, 0.05) is 17.5 Å². The third-order valence-corrected chi connectivity index (χ3v) is 2.77. The first-order valence-corrected chi connectivity index (χ1v) is 5.26. The lowest BCUT2D eigenvalue weighted by Gasteiger charge is -2.14. The fraction of sp³-hybridized carbons (Fsp3) is 0.455. The van der Waals surface area contributed by atoms with E-state index >= 15 is 0 Å². The van der Waals surface area contributed by atoms with E-state index in [1.165, 1.54) is 0 Å². The maximum atomic E-state index is 12.0. The first kappa shape index (κ1) is 16.6. The van der Waals surface area contributed by atoms with Crippen molar-refractivity contribution in [3.05, 3.63) is 34.3 Å². The maximum absolute atomic E-state index is 12.0. The summed E-state index contributed by atoms with van der Waals surface area (Å²) in [6.07, 6.45) is -5.13. The van der Waals surface area contributed by atoms with Gasteiger partial charge in [0.25, 0.3) is 0 Å². The van der Waals surface area contributed by atoms with Gasteiger partial charge in [-0.1, -0.05) is 23.7 Å². The Morgan fingerprint density at radius 1 is 1.35 bits per heavy atom. The van der Waals surface area contributed by atoms with Crippen LogP contribution in [-0.4, -0.2) is 6.18 Å². The highest BCUT2D eigenvalue weighted by Gasteiger charge is 2.27. The van der Waals surface area contributed by atoms with Crippen molar-refractivity contribution in [2.75, 3.05) is 0 Å². The molecule has 1 nitrogen and oxygen atoms in total. The number of aryl methyl sites for hydroxylation is 1. The Bertz CT molecular complexity index is 366. The number of nitrogens with two attached hydrogens (primary N) is 1. The molecule has 0 fully saturated rings. The molecule has 1 aromatic rings. The number of halogens is 5. The molecule has 98 valence electrons. The molecule has 0 saturated carbocycles. The quantitative estimate of drug-likeness (QED) is 0.875. The van der Waals surface area contributed by atoms with Crippen LogP contribution in [0.4, 0.5) is 13.2 Å². The first-order chi connectivity index (χ1) is 7.29. The van der Waals surface area contributed by atoms with Gasteiger partial charge in [-0.2, -0.15) is 13.2 Å². The van der Waals surface area contributed by atoms with E-state index in [1.807, 2.05) is 0 Å². The van der Waals surface area contributed by atoms with Gasteiger partial charge in [-0.05, 0) is 30.5 Å². The van der Waals surface area contributed by atoms with E-state index in [0.29, 0.717) is 10.6 Å². The molecule has 0 heterocycles. The zero-order valence-corrected chi connectivity index (χ0v) is 10.8. The number of hydrogen-bond acceptors (Lipinski definition) is 1. The fourth-order valence-corrected chi connectivity index (χ4v) is 1.50. The standard InChI is InChI=1S/C11H13ClF3N.ClH/c1-7-6-8(2-3-9(7)12)10(16)4-5-11(13,14)15;/h2-3,6,10H,4-5,16H2,1H3;1H/t10-;/m0./s1. The van der Waals surface area contributed by atoms with Crippen LogP contribution in [0.1, 0.15) is 30.0 Å². The van der Waals surface area contributed by atoms with E-state index in [4.69, 9.17) is 17.3 Å². The van der Waals surface area contributed by atoms with Crippen LogP contribution in [0.3, 0.4) is 0 Å². The summed E-state index contributed by atoms with van der Waals surface area (Å²) in [5, 5.41) is 0.590. The van der Waals surface area contributed by atoms with E-state index in [0.717, 1.165) is 5.56 Å². The fourth-order valence-electron chi connectivity index (χ4n) is 1.38. The second-order valence-electron chi connectivity index (χ2n) is 3.77. The molecule has 1 rings (SSSR count). The van der Waals surface area contributed by atoms with E-state index in [-0.39, 0.29) is 18.8 Å². The van der Waals surface area contributed by atoms with Gasteiger partial charge in [-0.25, -0.2) is 0 Å². The first-order valence-electron chi connectivity index (χ1n) is 4.88. The van der Waals surface area contributed by atoms with Crippen molar-refractivity contribution >= 4 is 24.0 Å². The smallest absolute Gasteiger partial charge is 0.324 e. The Morgan fingerprint density at radius 3 is 2.41 bits per heavy atom. The Kier molecular flexibility index (Phi) is 6.30. The van der Waals surface area contributed by atoms with Crippen LogP contribution in [0.2, 0.25) is 5.02 Å². The summed E-state index contributed by atoms with van der Waals surface area (Å²) in [6, 6.07) is 4.44. The summed E-state index contributed by atoms with van der Waals surface area (Å²) in [7, 11) is 0. The SMILES string of the molecule is Cc1cc([C@@H](N)CCC(F)(F)F)ccc1Cl.Cl.